The molecular formula is C36H47N5O6S. The minimum Gasteiger partial charge on any atom is -0.467 e. The second-order valence-corrected chi connectivity index (χ2v) is 11.9. The number of carbonyl (C=O) groups excluding carboxylic acids is 2. The Morgan fingerprint density at radius 2 is 1.40 bits per heavy atom. The van der Waals surface area contributed by atoms with Crippen LogP contribution in [0.3, 0.4) is 0 Å². The molecule has 0 aromatic heterocycles. The van der Waals surface area contributed by atoms with Gasteiger partial charge >= 0.3 is 12.1 Å². The normalized spacial score (nSPS) is 16.4. The molecule has 0 radical (unpaired) electrons. The van der Waals surface area contributed by atoms with E-state index in [2.05, 4.69) is 44.7 Å². The maximum atomic E-state index is 11.9. The Labute approximate surface area is 288 Å². The Hall–Kier alpha value is -4.07. The lowest BCUT2D eigenvalue weighted by Gasteiger charge is -2.37. The molecule has 2 fully saturated rings. The standard InChI is InChI=1S/C20H25N3OS.C16H22N2O5/c24-16-18(21-20(25)17-7-3-1-4-8-17)15-22-11-13-23(14-12-22)19-9-5-2-6-10-19;1-21-15(19)14(11-18-7-9-22-10-8-18)17-16(20)23-12-13-5-3-2-4-6-13/h1-10,18,24H,11-16H2,(H,21,25);2-6,14H,7-12H2,1H3,(H,17,20). The first-order chi connectivity index (χ1) is 23.4. The number of para-hydroxylation sites is 1. The number of aliphatic hydroxyl groups excluding tert-OH is 1. The molecule has 12 heteroatoms. The first kappa shape index (κ1) is 36.8. The Morgan fingerprint density at radius 3 is 2.00 bits per heavy atom. The lowest BCUT2D eigenvalue weighted by atomic mass is 10.2. The number of hydrogen-bond acceptors (Lipinski definition) is 10. The van der Waals surface area contributed by atoms with Gasteiger partial charge in [-0.3, -0.25) is 9.80 Å². The summed E-state index contributed by atoms with van der Waals surface area (Å²) in [4.78, 5) is 31.3. The van der Waals surface area contributed by atoms with E-state index in [0.29, 0.717) is 37.8 Å². The number of thiocarbonyl (C=S) groups is 1. The number of anilines is 1. The van der Waals surface area contributed by atoms with Gasteiger partial charge in [0.1, 0.15) is 17.6 Å². The summed E-state index contributed by atoms with van der Waals surface area (Å²) in [5.74, 6) is -0.492. The number of morpholine rings is 1. The third-order valence-corrected chi connectivity index (χ3v) is 8.45. The number of alkyl carbamates (subject to hydrolysis) is 1. The number of nitrogens with one attached hydrogen (secondary N) is 2. The third-order valence-electron chi connectivity index (χ3n) is 8.10. The van der Waals surface area contributed by atoms with E-state index in [4.69, 9.17) is 26.4 Å². The van der Waals surface area contributed by atoms with Crippen molar-refractivity contribution in [2.75, 3.05) is 84.2 Å². The van der Waals surface area contributed by atoms with E-state index in [1.807, 2.05) is 71.6 Å². The molecule has 2 aliphatic rings. The summed E-state index contributed by atoms with van der Waals surface area (Å²) in [6.45, 7) is 8.06. The van der Waals surface area contributed by atoms with Gasteiger partial charge in [0.15, 0.2) is 0 Å². The molecule has 3 aromatic rings. The number of benzene rings is 3. The van der Waals surface area contributed by atoms with Gasteiger partial charge in [0, 0.05) is 63.6 Å². The molecule has 1 amide bonds. The molecule has 3 N–H and O–H groups in total. The quantitative estimate of drug-likeness (QED) is 0.194. The molecule has 258 valence electrons. The summed E-state index contributed by atoms with van der Waals surface area (Å²) >= 11 is 5.46. The zero-order valence-electron chi connectivity index (χ0n) is 27.5. The van der Waals surface area contributed by atoms with E-state index in [-0.39, 0.29) is 19.3 Å². The second-order valence-electron chi connectivity index (χ2n) is 11.5. The molecule has 11 nitrogen and oxygen atoms in total. The highest BCUT2D eigenvalue weighted by Crippen LogP contribution is 2.15. The summed E-state index contributed by atoms with van der Waals surface area (Å²) in [6.07, 6.45) is -0.641. The van der Waals surface area contributed by atoms with Gasteiger partial charge in [-0.25, -0.2) is 9.59 Å². The van der Waals surface area contributed by atoms with E-state index >= 15 is 0 Å². The third kappa shape index (κ3) is 12.5. The van der Waals surface area contributed by atoms with Crippen molar-refractivity contribution in [3.63, 3.8) is 0 Å². The van der Waals surface area contributed by atoms with Crippen LogP contribution in [0, 0.1) is 0 Å². The SMILES string of the molecule is COC(=O)C(CN1CCOCC1)NC(=O)OCc1ccccc1.OCC(CN1CCN(c2ccccc2)CC1)NC(=S)c1ccccc1. The molecule has 2 aliphatic heterocycles. The van der Waals surface area contributed by atoms with Crippen LogP contribution >= 0.6 is 12.2 Å². The van der Waals surface area contributed by atoms with E-state index < -0.39 is 18.1 Å². The average molecular weight is 678 g/mol. The van der Waals surface area contributed by atoms with Gasteiger partial charge in [-0.1, -0.05) is 91.1 Å². The monoisotopic (exact) mass is 677 g/mol. The molecule has 48 heavy (non-hydrogen) atoms. The fourth-order valence-electron chi connectivity index (χ4n) is 5.42. The highest BCUT2D eigenvalue weighted by Gasteiger charge is 2.26. The zero-order chi connectivity index (χ0) is 34.0. The summed E-state index contributed by atoms with van der Waals surface area (Å²) in [5, 5.41) is 15.6. The Kier molecular flexibility index (Phi) is 15.6. The van der Waals surface area contributed by atoms with Crippen LogP contribution in [0.4, 0.5) is 10.5 Å². The van der Waals surface area contributed by atoms with E-state index in [9.17, 15) is 14.7 Å². The zero-order valence-corrected chi connectivity index (χ0v) is 28.4. The first-order valence-electron chi connectivity index (χ1n) is 16.3. The van der Waals surface area contributed by atoms with Gasteiger partial charge in [-0.15, -0.1) is 0 Å². The molecule has 0 saturated carbocycles. The van der Waals surface area contributed by atoms with Crippen LogP contribution in [0.15, 0.2) is 91.0 Å². The summed E-state index contributed by atoms with van der Waals surface area (Å²) in [5.41, 5.74) is 3.15. The van der Waals surface area contributed by atoms with Gasteiger partial charge in [0.05, 0.1) is 33.0 Å². The Bertz CT molecular complexity index is 1370. The molecule has 0 aliphatic carbocycles. The maximum absolute atomic E-state index is 11.9. The summed E-state index contributed by atoms with van der Waals surface area (Å²) < 4.78 is 15.2. The Morgan fingerprint density at radius 1 is 0.812 bits per heavy atom. The summed E-state index contributed by atoms with van der Waals surface area (Å²) in [7, 11) is 1.30. The molecular weight excluding hydrogens is 630 g/mol. The molecule has 0 spiro atoms. The van der Waals surface area contributed by atoms with Crippen LogP contribution in [0.2, 0.25) is 0 Å². The van der Waals surface area contributed by atoms with E-state index in [1.54, 1.807) is 0 Å². The number of amides is 1. The molecule has 2 heterocycles. The van der Waals surface area contributed by atoms with E-state index in [1.165, 1.54) is 12.8 Å². The van der Waals surface area contributed by atoms with Crippen molar-refractivity contribution < 1.29 is 28.9 Å². The highest BCUT2D eigenvalue weighted by molar-refractivity contribution is 7.80. The second kappa shape index (κ2) is 20.3. The van der Waals surface area contributed by atoms with Gasteiger partial charge in [0.25, 0.3) is 0 Å². The van der Waals surface area contributed by atoms with Crippen LogP contribution in [0.1, 0.15) is 11.1 Å². The van der Waals surface area contributed by atoms with Crippen molar-refractivity contribution in [2.24, 2.45) is 0 Å². The number of aliphatic hydroxyl groups is 1. The molecule has 2 atom stereocenters. The smallest absolute Gasteiger partial charge is 0.408 e. The van der Waals surface area contributed by atoms with Crippen LogP contribution in [-0.2, 0) is 25.6 Å². The first-order valence-corrected chi connectivity index (χ1v) is 16.7. The number of ether oxygens (including phenoxy) is 3. The summed E-state index contributed by atoms with van der Waals surface area (Å²) in [6, 6.07) is 29.0. The number of piperazine rings is 1. The van der Waals surface area contributed by atoms with Crippen LogP contribution in [0.5, 0.6) is 0 Å². The minimum atomic E-state index is -0.763. The molecule has 2 unspecified atom stereocenters. The van der Waals surface area contributed by atoms with Gasteiger partial charge in [0.2, 0.25) is 0 Å². The molecule has 3 aromatic carbocycles. The fourth-order valence-corrected chi connectivity index (χ4v) is 5.72. The number of carbonyl (C=O) groups is 2. The predicted octanol–water partition coefficient (Wildman–Crippen LogP) is 2.92. The van der Waals surface area contributed by atoms with Crippen molar-refractivity contribution in [1.82, 2.24) is 20.4 Å². The van der Waals surface area contributed by atoms with Crippen LogP contribution < -0.4 is 15.5 Å². The van der Waals surface area contributed by atoms with Crippen molar-refractivity contribution in [3.05, 3.63) is 102 Å². The van der Waals surface area contributed by atoms with Gasteiger partial charge in [-0.2, -0.15) is 0 Å². The molecule has 2 saturated heterocycles. The minimum absolute atomic E-state index is 0.0454. The number of hydrogen-bond donors (Lipinski definition) is 3. The number of methoxy groups -OCH3 is 1. The van der Waals surface area contributed by atoms with Crippen LogP contribution in [0.25, 0.3) is 0 Å². The van der Waals surface area contributed by atoms with Crippen molar-refractivity contribution in [3.8, 4) is 0 Å². The average Bonchev–Trinajstić information content (AvgIpc) is 3.15. The van der Waals surface area contributed by atoms with Gasteiger partial charge < -0.3 is 34.9 Å². The number of rotatable bonds is 12. The van der Waals surface area contributed by atoms with E-state index in [0.717, 1.165) is 43.9 Å². The lowest BCUT2D eigenvalue weighted by Crippen LogP contribution is -2.52. The fraction of sp³-hybridized carbons (Fsp3) is 0.417. The number of esters is 1. The van der Waals surface area contributed by atoms with Gasteiger partial charge in [-0.05, 0) is 17.7 Å². The van der Waals surface area contributed by atoms with Crippen molar-refractivity contribution >= 4 is 35.0 Å². The predicted molar refractivity (Wildman–Crippen MR) is 190 cm³/mol. The Balaban J connectivity index is 0.000000218. The lowest BCUT2D eigenvalue weighted by molar-refractivity contribution is -0.143. The topological polar surface area (TPSA) is 116 Å². The highest BCUT2D eigenvalue weighted by atomic mass is 32.1. The number of nitrogens with zero attached hydrogens (tertiary/aromatic N) is 3. The van der Waals surface area contributed by atoms with Crippen LogP contribution in [-0.4, -0.2) is 123 Å². The maximum Gasteiger partial charge on any atom is 0.408 e. The van der Waals surface area contributed by atoms with Crippen molar-refractivity contribution in [1.29, 1.82) is 0 Å². The van der Waals surface area contributed by atoms with Crippen molar-refractivity contribution in [2.45, 2.75) is 18.7 Å². The molecule has 0 bridgehead atoms. The largest absolute Gasteiger partial charge is 0.467 e. The molecule has 5 rings (SSSR count).